The Morgan fingerprint density at radius 2 is 2.00 bits per heavy atom. The van der Waals surface area contributed by atoms with Crippen molar-refractivity contribution in [1.82, 2.24) is 0 Å². The van der Waals surface area contributed by atoms with Gasteiger partial charge in [0.25, 0.3) is 0 Å². The minimum Gasteiger partial charge on any atom is -0.481 e. The van der Waals surface area contributed by atoms with Gasteiger partial charge in [-0.15, -0.1) is 0 Å². The molecule has 1 saturated carbocycles. The Morgan fingerprint density at radius 3 is 2.71 bits per heavy atom. The molecule has 0 radical (unpaired) electrons. The van der Waals surface area contributed by atoms with E-state index in [1.165, 1.54) is 12.8 Å². The number of Topliss-reactive ketones (excluding diaryl/α,β-unsaturated/α-hetero) is 1. The molecule has 1 aliphatic carbocycles. The fourth-order valence-electron chi connectivity index (χ4n) is 3.13. The topological polar surface area (TPSA) is 54.4 Å². The van der Waals surface area contributed by atoms with Crippen LogP contribution in [-0.2, 0) is 9.59 Å². The van der Waals surface area contributed by atoms with Gasteiger partial charge in [-0.3, -0.25) is 9.59 Å². The molecule has 120 valence electrons. The molecule has 0 aromatic rings. The van der Waals surface area contributed by atoms with E-state index in [1.807, 2.05) is 0 Å². The fourth-order valence-corrected chi connectivity index (χ4v) is 3.13. The Hall–Kier alpha value is -1.12. The summed E-state index contributed by atoms with van der Waals surface area (Å²) in [6.07, 6.45) is 14.9. The fraction of sp³-hybridized carbons (Fsp3) is 0.778. The Balaban J connectivity index is 2.22. The summed E-state index contributed by atoms with van der Waals surface area (Å²) in [5.41, 5.74) is 0. The van der Waals surface area contributed by atoms with Gasteiger partial charge in [0.1, 0.15) is 5.78 Å². The summed E-state index contributed by atoms with van der Waals surface area (Å²) in [5.74, 6) is 0.402. The molecule has 2 atom stereocenters. The van der Waals surface area contributed by atoms with Gasteiger partial charge in [-0.05, 0) is 31.6 Å². The van der Waals surface area contributed by atoms with E-state index >= 15 is 0 Å². The Labute approximate surface area is 128 Å². The second-order valence-electron chi connectivity index (χ2n) is 6.19. The van der Waals surface area contributed by atoms with Crippen molar-refractivity contribution in [3.8, 4) is 0 Å². The molecule has 21 heavy (non-hydrogen) atoms. The van der Waals surface area contributed by atoms with Crippen molar-refractivity contribution in [2.45, 2.75) is 77.6 Å². The summed E-state index contributed by atoms with van der Waals surface area (Å²) in [7, 11) is 0. The van der Waals surface area contributed by atoms with Crippen molar-refractivity contribution in [1.29, 1.82) is 0 Å². The highest BCUT2D eigenvalue weighted by molar-refractivity contribution is 5.83. The summed E-state index contributed by atoms with van der Waals surface area (Å²) in [5, 5.41) is 8.58. The lowest BCUT2D eigenvalue weighted by molar-refractivity contribution is -0.137. The van der Waals surface area contributed by atoms with Crippen LogP contribution >= 0.6 is 0 Å². The van der Waals surface area contributed by atoms with E-state index in [0.717, 1.165) is 51.4 Å². The molecule has 0 aromatic heterocycles. The lowest BCUT2D eigenvalue weighted by atomic mass is 9.89. The molecule has 1 aliphatic rings. The van der Waals surface area contributed by atoms with Crippen LogP contribution in [0.15, 0.2) is 12.2 Å². The van der Waals surface area contributed by atoms with Crippen molar-refractivity contribution in [3.05, 3.63) is 12.2 Å². The molecule has 1 fully saturated rings. The Kier molecular flexibility index (Phi) is 9.04. The second-order valence-corrected chi connectivity index (χ2v) is 6.19. The van der Waals surface area contributed by atoms with Crippen molar-refractivity contribution in [2.24, 2.45) is 11.8 Å². The van der Waals surface area contributed by atoms with Gasteiger partial charge in [0.2, 0.25) is 0 Å². The van der Waals surface area contributed by atoms with Gasteiger partial charge in [-0.1, -0.05) is 51.2 Å². The predicted octanol–water partition coefficient (Wildman–Crippen LogP) is 4.75. The number of hydrogen-bond acceptors (Lipinski definition) is 2. The van der Waals surface area contributed by atoms with Gasteiger partial charge in [0, 0.05) is 18.8 Å². The third-order valence-electron chi connectivity index (χ3n) is 4.42. The third kappa shape index (κ3) is 7.45. The molecule has 0 aliphatic heterocycles. The number of carbonyl (C=O) groups is 2. The summed E-state index contributed by atoms with van der Waals surface area (Å²) in [6, 6.07) is 0. The molecule has 0 bridgehead atoms. The monoisotopic (exact) mass is 294 g/mol. The maximum atomic E-state index is 12.0. The van der Waals surface area contributed by atoms with Gasteiger partial charge in [-0.2, -0.15) is 0 Å². The maximum absolute atomic E-state index is 12.0. The number of hydrogen-bond donors (Lipinski definition) is 1. The average Bonchev–Trinajstić information content (AvgIpc) is 2.79. The van der Waals surface area contributed by atoms with Crippen LogP contribution in [0.2, 0.25) is 0 Å². The minimum absolute atomic E-state index is 0.224. The zero-order valence-electron chi connectivity index (χ0n) is 13.4. The molecule has 0 saturated heterocycles. The number of carbonyl (C=O) groups excluding carboxylic acids is 1. The highest BCUT2D eigenvalue weighted by Crippen LogP contribution is 2.33. The number of carboxylic acids is 1. The van der Waals surface area contributed by atoms with E-state index < -0.39 is 5.97 Å². The highest BCUT2D eigenvalue weighted by atomic mass is 16.4. The number of aliphatic carboxylic acids is 1. The van der Waals surface area contributed by atoms with Crippen molar-refractivity contribution < 1.29 is 14.7 Å². The quantitative estimate of drug-likeness (QED) is 0.442. The lowest BCUT2D eigenvalue weighted by Crippen LogP contribution is -2.13. The van der Waals surface area contributed by atoms with Crippen molar-refractivity contribution >= 4 is 11.8 Å². The van der Waals surface area contributed by atoms with Crippen molar-refractivity contribution in [2.75, 3.05) is 0 Å². The molecule has 3 nitrogen and oxygen atoms in total. The van der Waals surface area contributed by atoms with Gasteiger partial charge in [0.15, 0.2) is 0 Å². The number of carboxylic acid groups (broad SMARTS) is 1. The predicted molar refractivity (Wildman–Crippen MR) is 85.2 cm³/mol. The first kappa shape index (κ1) is 17.9. The van der Waals surface area contributed by atoms with Crippen LogP contribution in [0.5, 0.6) is 0 Å². The molecule has 0 spiro atoms. The first-order chi connectivity index (χ1) is 10.1. The smallest absolute Gasteiger partial charge is 0.303 e. The second kappa shape index (κ2) is 10.6. The number of ketones is 1. The zero-order chi connectivity index (χ0) is 15.5. The minimum atomic E-state index is -0.710. The molecule has 0 heterocycles. The van der Waals surface area contributed by atoms with Crippen molar-refractivity contribution in [3.63, 3.8) is 0 Å². The summed E-state index contributed by atoms with van der Waals surface area (Å²) in [6.45, 7) is 2.19. The molecule has 1 rings (SSSR count). The van der Waals surface area contributed by atoms with E-state index in [1.54, 1.807) is 0 Å². The van der Waals surface area contributed by atoms with E-state index in [2.05, 4.69) is 19.1 Å². The SMILES string of the molecule is CCCCC=C[C@H]1CCC(=O)[C@@H]1CCCCCCC(=O)O. The van der Waals surface area contributed by atoms with Crippen LogP contribution in [0.3, 0.4) is 0 Å². The molecular formula is C18H30O3. The van der Waals surface area contributed by atoms with E-state index in [9.17, 15) is 9.59 Å². The normalized spacial score (nSPS) is 22.2. The van der Waals surface area contributed by atoms with E-state index in [-0.39, 0.29) is 12.3 Å². The first-order valence-corrected chi connectivity index (χ1v) is 8.56. The van der Waals surface area contributed by atoms with E-state index in [4.69, 9.17) is 5.11 Å². The van der Waals surface area contributed by atoms with Crippen LogP contribution in [0.4, 0.5) is 0 Å². The van der Waals surface area contributed by atoms with Gasteiger partial charge >= 0.3 is 5.97 Å². The standard InChI is InChI=1S/C18H30O3/c1-2-3-4-7-10-15-13-14-17(19)16(15)11-8-5-6-9-12-18(20)21/h7,10,15-16H,2-6,8-9,11-14H2,1H3,(H,20,21)/t15-,16+/m0/s1. The van der Waals surface area contributed by atoms with Gasteiger partial charge in [0.05, 0.1) is 0 Å². The van der Waals surface area contributed by atoms with Crippen LogP contribution in [0.1, 0.15) is 77.6 Å². The average molecular weight is 294 g/mol. The van der Waals surface area contributed by atoms with Crippen LogP contribution in [-0.4, -0.2) is 16.9 Å². The summed E-state index contributed by atoms with van der Waals surface area (Å²) < 4.78 is 0. The molecule has 1 N–H and O–H groups in total. The molecule has 0 aromatic carbocycles. The lowest BCUT2D eigenvalue weighted by Gasteiger charge is -2.14. The Morgan fingerprint density at radius 1 is 1.24 bits per heavy atom. The highest BCUT2D eigenvalue weighted by Gasteiger charge is 2.31. The van der Waals surface area contributed by atoms with Gasteiger partial charge < -0.3 is 5.11 Å². The van der Waals surface area contributed by atoms with E-state index in [0.29, 0.717) is 11.7 Å². The number of unbranched alkanes of at least 4 members (excludes halogenated alkanes) is 5. The van der Waals surface area contributed by atoms with Gasteiger partial charge in [-0.25, -0.2) is 0 Å². The largest absolute Gasteiger partial charge is 0.481 e. The first-order valence-electron chi connectivity index (χ1n) is 8.56. The third-order valence-corrected chi connectivity index (χ3v) is 4.42. The molecule has 0 unspecified atom stereocenters. The Bertz CT molecular complexity index is 346. The van der Waals surface area contributed by atoms with Crippen LogP contribution < -0.4 is 0 Å². The summed E-state index contributed by atoms with van der Waals surface area (Å²) >= 11 is 0. The zero-order valence-corrected chi connectivity index (χ0v) is 13.4. The van der Waals surface area contributed by atoms with Crippen LogP contribution in [0, 0.1) is 11.8 Å². The number of allylic oxidation sites excluding steroid dienone is 2. The number of rotatable bonds is 11. The summed E-state index contributed by atoms with van der Waals surface area (Å²) in [4.78, 5) is 22.4. The molecule has 0 amide bonds. The van der Waals surface area contributed by atoms with Crippen LogP contribution in [0.25, 0.3) is 0 Å². The molecular weight excluding hydrogens is 264 g/mol. The molecule has 3 heteroatoms. The maximum Gasteiger partial charge on any atom is 0.303 e.